The molecule has 12 rings (SSSR count). The molecule has 0 saturated carbocycles. The number of hydrogen-bond acceptors (Lipinski definition) is 2. The summed E-state index contributed by atoms with van der Waals surface area (Å²) in [6, 6.07) is 58.3. The van der Waals surface area contributed by atoms with Crippen LogP contribution in [0.5, 0.6) is 0 Å². The Morgan fingerprint density at radius 3 is 1.98 bits per heavy atom. The van der Waals surface area contributed by atoms with Crippen molar-refractivity contribution in [1.29, 1.82) is 0 Å². The van der Waals surface area contributed by atoms with Gasteiger partial charge in [0.2, 0.25) is 0 Å². The van der Waals surface area contributed by atoms with E-state index in [1.807, 2.05) is 12.4 Å². The van der Waals surface area contributed by atoms with E-state index in [0.717, 1.165) is 17.1 Å². The molecule has 248 valence electrons. The molecule has 0 aliphatic heterocycles. The molecule has 4 aromatic heterocycles. The zero-order valence-corrected chi connectivity index (χ0v) is 29.0. The second-order valence-electron chi connectivity index (χ2n) is 13.9. The van der Waals surface area contributed by atoms with E-state index < -0.39 is 0 Å². The van der Waals surface area contributed by atoms with Gasteiger partial charge in [0.15, 0.2) is 0 Å². The fourth-order valence-electron chi connectivity index (χ4n) is 8.56. The van der Waals surface area contributed by atoms with Crippen molar-refractivity contribution in [3.8, 4) is 33.9 Å². The standard InChI is InChI=1S/C27H17N3.C22H15N/c1-16-9-10-24-21(13-16)18-6-2-3-8-23(18)30(24)25-14-20-19-7-4-5-17-11-12-28-27(26(17)19)22(20)15-29-25;1-2-9-17(10-3-1)23-20-13-7-6-12-19(20)22-18-11-5-4-8-16(18)14-15-21(22)23/h2-15H,1H3;1-15H. The van der Waals surface area contributed by atoms with Gasteiger partial charge in [-0.2, -0.15) is 0 Å². The number of benzene rings is 7. The molecule has 4 heteroatoms. The minimum Gasteiger partial charge on any atom is -0.309 e. The highest BCUT2D eigenvalue weighted by atomic mass is 15.1. The fourth-order valence-corrected chi connectivity index (χ4v) is 8.56. The van der Waals surface area contributed by atoms with Crippen LogP contribution in [0.4, 0.5) is 0 Å². The fraction of sp³-hybridized carbons (Fsp3) is 0.0204. The molecule has 11 aromatic rings. The molecule has 1 aliphatic rings. The van der Waals surface area contributed by atoms with Crippen LogP contribution in [0.2, 0.25) is 0 Å². The van der Waals surface area contributed by atoms with Crippen LogP contribution in [-0.2, 0) is 0 Å². The quantitative estimate of drug-likeness (QED) is 0.183. The molecular weight excluding hydrogens is 645 g/mol. The first-order valence-electron chi connectivity index (χ1n) is 18.1. The Morgan fingerprint density at radius 2 is 1.11 bits per heavy atom. The molecule has 0 spiro atoms. The zero-order chi connectivity index (χ0) is 35.0. The van der Waals surface area contributed by atoms with Crippen LogP contribution in [0.15, 0.2) is 176 Å². The molecule has 0 saturated heterocycles. The maximum absolute atomic E-state index is 4.91. The lowest BCUT2D eigenvalue weighted by atomic mass is 10.0. The first-order valence-corrected chi connectivity index (χ1v) is 18.1. The third-order valence-electron chi connectivity index (χ3n) is 10.9. The topological polar surface area (TPSA) is 35.6 Å². The summed E-state index contributed by atoms with van der Waals surface area (Å²) < 4.78 is 4.64. The van der Waals surface area contributed by atoms with Gasteiger partial charge in [0, 0.05) is 50.6 Å². The van der Waals surface area contributed by atoms with Gasteiger partial charge in [0.1, 0.15) is 5.82 Å². The van der Waals surface area contributed by atoms with Crippen molar-refractivity contribution in [2.24, 2.45) is 0 Å². The predicted molar refractivity (Wildman–Crippen MR) is 221 cm³/mol. The third-order valence-corrected chi connectivity index (χ3v) is 10.9. The Labute approximate surface area is 305 Å². The average Bonchev–Trinajstić information content (AvgIpc) is 3.85. The van der Waals surface area contributed by atoms with Crippen LogP contribution in [0, 0.1) is 6.92 Å². The Hall–Kier alpha value is -7.04. The molecule has 0 unspecified atom stereocenters. The van der Waals surface area contributed by atoms with E-state index >= 15 is 0 Å². The Kier molecular flexibility index (Phi) is 6.43. The largest absolute Gasteiger partial charge is 0.309 e. The SMILES string of the molecule is Cc1ccc2c(c1)c1ccccc1n2-c1cc2c(cn1)-c1nccc3cccc-2c13.c1ccc(-n2c3ccccc3c3c4ccccc4ccc32)cc1. The Morgan fingerprint density at radius 1 is 0.415 bits per heavy atom. The van der Waals surface area contributed by atoms with Gasteiger partial charge in [-0.25, -0.2) is 4.98 Å². The molecule has 53 heavy (non-hydrogen) atoms. The van der Waals surface area contributed by atoms with Crippen LogP contribution < -0.4 is 0 Å². The summed E-state index contributed by atoms with van der Waals surface area (Å²) in [6.07, 6.45) is 3.88. The molecule has 0 radical (unpaired) electrons. The monoisotopic (exact) mass is 676 g/mol. The first-order chi connectivity index (χ1) is 26.2. The van der Waals surface area contributed by atoms with Crippen molar-refractivity contribution in [3.05, 3.63) is 182 Å². The molecule has 0 bridgehead atoms. The minimum absolute atomic E-state index is 0.939. The highest BCUT2D eigenvalue weighted by Crippen LogP contribution is 2.46. The normalized spacial score (nSPS) is 11.9. The molecule has 0 fully saturated rings. The van der Waals surface area contributed by atoms with Crippen molar-refractivity contribution < 1.29 is 0 Å². The molecule has 4 nitrogen and oxygen atoms in total. The second-order valence-corrected chi connectivity index (χ2v) is 13.9. The van der Waals surface area contributed by atoms with Gasteiger partial charge in [-0.1, -0.05) is 115 Å². The Balaban J connectivity index is 0.000000129. The lowest BCUT2D eigenvalue weighted by molar-refractivity contribution is 1.08. The first kappa shape index (κ1) is 29.7. The van der Waals surface area contributed by atoms with Crippen molar-refractivity contribution in [2.75, 3.05) is 0 Å². The molecule has 0 amide bonds. The van der Waals surface area contributed by atoms with E-state index in [1.165, 1.54) is 87.5 Å². The lowest BCUT2D eigenvalue weighted by Crippen LogP contribution is -1.98. The minimum atomic E-state index is 0.939. The summed E-state index contributed by atoms with van der Waals surface area (Å²) in [5.74, 6) is 0.939. The van der Waals surface area contributed by atoms with E-state index in [2.05, 4.69) is 185 Å². The average molecular weight is 677 g/mol. The van der Waals surface area contributed by atoms with Gasteiger partial charge in [-0.05, 0) is 88.8 Å². The highest BCUT2D eigenvalue weighted by Gasteiger charge is 2.24. The molecule has 7 aromatic carbocycles. The number of aryl methyl sites for hydroxylation is 1. The predicted octanol–water partition coefficient (Wildman–Crippen LogP) is 12.6. The maximum atomic E-state index is 4.91. The lowest BCUT2D eigenvalue weighted by Gasteiger charge is -2.09. The summed E-state index contributed by atoms with van der Waals surface area (Å²) in [6.45, 7) is 2.14. The van der Waals surface area contributed by atoms with Crippen molar-refractivity contribution in [2.45, 2.75) is 6.92 Å². The number of nitrogens with zero attached hydrogens (tertiary/aromatic N) is 4. The van der Waals surface area contributed by atoms with E-state index in [0.29, 0.717) is 0 Å². The summed E-state index contributed by atoms with van der Waals surface area (Å²) in [7, 11) is 0. The van der Waals surface area contributed by atoms with E-state index in [1.54, 1.807) is 0 Å². The molecule has 0 atom stereocenters. The summed E-state index contributed by atoms with van der Waals surface area (Å²) in [5.41, 5.74) is 11.9. The number of rotatable bonds is 2. The smallest absolute Gasteiger partial charge is 0.138 e. The van der Waals surface area contributed by atoms with Crippen LogP contribution >= 0.6 is 0 Å². The van der Waals surface area contributed by atoms with Crippen LogP contribution in [0.25, 0.3) is 99.0 Å². The molecule has 4 heterocycles. The summed E-state index contributed by atoms with van der Waals surface area (Å²) >= 11 is 0. The van der Waals surface area contributed by atoms with E-state index in [9.17, 15) is 0 Å². The van der Waals surface area contributed by atoms with Gasteiger partial charge >= 0.3 is 0 Å². The Bertz CT molecular complexity index is 3240. The molecular formula is C49H32N4. The number of hydrogen-bond donors (Lipinski definition) is 0. The highest BCUT2D eigenvalue weighted by molar-refractivity contribution is 6.21. The van der Waals surface area contributed by atoms with E-state index in [4.69, 9.17) is 4.98 Å². The van der Waals surface area contributed by atoms with Gasteiger partial charge in [-0.3, -0.25) is 9.55 Å². The zero-order valence-electron chi connectivity index (χ0n) is 29.0. The van der Waals surface area contributed by atoms with Crippen LogP contribution in [0.3, 0.4) is 0 Å². The van der Waals surface area contributed by atoms with Crippen molar-refractivity contribution >= 4 is 65.2 Å². The third kappa shape index (κ3) is 4.42. The summed E-state index contributed by atoms with van der Waals surface area (Å²) in [5, 5.41) is 10.2. The number of para-hydroxylation sites is 3. The molecule has 0 N–H and O–H groups in total. The molecule has 1 aliphatic carbocycles. The van der Waals surface area contributed by atoms with Crippen LogP contribution in [-0.4, -0.2) is 19.1 Å². The van der Waals surface area contributed by atoms with Crippen molar-refractivity contribution in [3.63, 3.8) is 0 Å². The number of aromatic nitrogens is 4. The van der Waals surface area contributed by atoms with Gasteiger partial charge < -0.3 is 4.57 Å². The number of fused-ring (bicyclic) bond motifs is 11. The van der Waals surface area contributed by atoms with Crippen LogP contribution in [0.1, 0.15) is 5.56 Å². The number of pyridine rings is 2. The summed E-state index contributed by atoms with van der Waals surface area (Å²) in [4.78, 5) is 9.58. The van der Waals surface area contributed by atoms with E-state index in [-0.39, 0.29) is 0 Å². The van der Waals surface area contributed by atoms with Crippen molar-refractivity contribution in [1.82, 2.24) is 19.1 Å². The van der Waals surface area contributed by atoms with Gasteiger partial charge in [0.05, 0.1) is 27.8 Å². The second kappa shape index (κ2) is 11.5. The van der Waals surface area contributed by atoms with Gasteiger partial charge in [-0.15, -0.1) is 0 Å². The van der Waals surface area contributed by atoms with Gasteiger partial charge in [0.25, 0.3) is 0 Å². The maximum Gasteiger partial charge on any atom is 0.138 e.